The van der Waals surface area contributed by atoms with Gasteiger partial charge in [-0.1, -0.05) is 13.0 Å². The highest BCUT2D eigenvalue weighted by atomic mass is 15.1. The van der Waals surface area contributed by atoms with E-state index in [0.717, 1.165) is 36.4 Å². The van der Waals surface area contributed by atoms with Crippen LogP contribution in [0.4, 0.5) is 11.4 Å². The zero-order valence-corrected chi connectivity index (χ0v) is 11.6. The van der Waals surface area contributed by atoms with Crippen LogP contribution in [0.15, 0.2) is 42.6 Å². The predicted octanol–water partition coefficient (Wildman–Crippen LogP) is 2.95. The molecule has 1 aromatic carbocycles. The first kappa shape index (κ1) is 13.9. The summed E-state index contributed by atoms with van der Waals surface area (Å²) < 4.78 is 0. The van der Waals surface area contributed by atoms with Gasteiger partial charge < -0.3 is 10.6 Å². The first-order valence-corrected chi connectivity index (χ1v) is 6.68. The maximum absolute atomic E-state index is 8.91. The van der Waals surface area contributed by atoms with Crippen molar-refractivity contribution in [2.75, 3.05) is 17.2 Å². The third-order valence-electron chi connectivity index (χ3n) is 3.04. The lowest BCUT2D eigenvalue weighted by molar-refractivity contribution is 0.766. The Balaban J connectivity index is 2.23. The van der Waals surface area contributed by atoms with Gasteiger partial charge in [0.05, 0.1) is 0 Å². The van der Waals surface area contributed by atoms with Gasteiger partial charge in [-0.15, -0.1) is 0 Å². The summed E-state index contributed by atoms with van der Waals surface area (Å²) in [5.74, 6) is 0. The molecule has 102 valence electrons. The molecule has 1 heterocycles. The van der Waals surface area contributed by atoms with Gasteiger partial charge in [-0.25, -0.2) is 4.98 Å². The Bertz CT molecular complexity index is 616. The minimum atomic E-state index is 0.450. The molecule has 0 amide bonds. The zero-order valence-electron chi connectivity index (χ0n) is 11.6. The molecule has 0 atom stereocenters. The lowest BCUT2D eigenvalue weighted by atomic mass is 10.2. The highest BCUT2D eigenvalue weighted by Crippen LogP contribution is 2.20. The molecule has 2 N–H and O–H groups in total. The number of hydrogen-bond acceptors (Lipinski definition) is 4. The monoisotopic (exact) mass is 266 g/mol. The standard InChI is InChI=1S/C16H18N4/c1-2-8-20(16-5-3-4-14(18)10-16)12-13-6-7-19-15(9-13)11-17/h3-7,9-10H,2,8,12,18H2,1H3. The van der Waals surface area contributed by atoms with Crippen molar-refractivity contribution >= 4 is 11.4 Å². The molecule has 20 heavy (non-hydrogen) atoms. The van der Waals surface area contributed by atoms with Crippen molar-refractivity contribution in [1.82, 2.24) is 4.98 Å². The van der Waals surface area contributed by atoms with Crippen LogP contribution in [0.2, 0.25) is 0 Å². The van der Waals surface area contributed by atoms with E-state index in [1.165, 1.54) is 0 Å². The highest BCUT2D eigenvalue weighted by molar-refractivity contribution is 5.56. The second-order valence-corrected chi connectivity index (χ2v) is 4.68. The van der Waals surface area contributed by atoms with Crippen LogP contribution in [0.3, 0.4) is 0 Å². The molecule has 2 aromatic rings. The van der Waals surface area contributed by atoms with E-state index in [0.29, 0.717) is 5.69 Å². The summed E-state index contributed by atoms with van der Waals surface area (Å²) in [6.45, 7) is 3.83. The van der Waals surface area contributed by atoms with E-state index in [4.69, 9.17) is 11.0 Å². The number of pyridine rings is 1. The molecule has 0 radical (unpaired) electrons. The number of anilines is 2. The number of nitrogens with two attached hydrogens (primary N) is 1. The van der Waals surface area contributed by atoms with Gasteiger partial charge in [-0.05, 0) is 42.3 Å². The molecule has 0 fully saturated rings. The second-order valence-electron chi connectivity index (χ2n) is 4.68. The number of nitriles is 1. The van der Waals surface area contributed by atoms with Gasteiger partial charge in [0.2, 0.25) is 0 Å². The summed E-state index contributed by atoms with van der Waals surface area (Å²) in [6.07, 6.45) is 2.72. The lowest BCUT2D eigenvalue weighted by Crippen LogP contribution is -2.23. The van der Waals surface area contributed by atoms with Gasteiger partial charge in [-0.3, -0.25) is 0 Å². The van der Waals surface area contributed by atoms with Crippen LogP contribution >= 0.6 is 0 Å². The third kappa shape index (κ3) is 3.48. The van der Waals surface area contributed by atoms with Crippen molar-refractivity contribution in [3.63, 3.8) is 0 Å². The van der Waals surface area contributed by atoms with Gasteiger partial charge in [0.25, 0.3) is 0 Å². The van der Waals surface area contributed by atoms with Gasteiger partial charge in [-0.2, -0.15) is 5.26 Å². The maximum Gasteiger partial charge on any atom is 0.140 e. The molecule has 0 aliphatic rings. The zero-order chi connectivity index (χ0) is 14.4. The fraction of sp³-hybridized carbons (Fsp3) is 0.250. The molecule has 1 aromatic heterocycles. The van der Waals surface area contributed by atoms with Gasteiger partial charge >= 0.3 is 0 Å². The molecule has 0 aliphatic heterocycles. The Kier molecular flexibility index (Phi) is 4.56. The molecule has 4 nitrogen and oxygen atoms in total. The predicted molar refractivity (Wildman–Crippen MR) is 81.1 cm³/mol. The van der Waals surface area contributed by atoms with Crippen LogP contribution in [-0.2, 0) is 6.54 Å². The molecular formula is C16H18N4. The minimum absolute atomic E-state index is 0.450. The molecule has 0 aliphatic carbocycles. The Hall–Kier alpha value is -2.54. The molecule has 0 saturated carbocycles. The van der Waals surface area contributed by atoms with E-state index < -0.39 is 0 Å². The quantitative estimate of drug-likeness (QED) is 0.845. The van der Waals surface area contributed by atoms with Crippen molar-refractivity contribution in [2.24, 2.45) is 0 Å². The summed E-state index contributed by atoms with van der Waals surface area (Å²) >= 11 is 0. The fourth-order valence-electron chi connectivity index (χ4n) is 2.15. The number of benzene rings is 1. The lowest BCUT2D eigenvalue weighted by Gasteiger charge is -2.24. The van der Waals surface area contributed by atoms with E-state index in [1.54, 1.807) is 6.20 Å². The largest absolute Gasteiger partial charge is 0.399 e. The van der Waals surface area contributed by atoms with Crippen LogP contribution in [0, 0.1) is 11.3 Å². The number of aromatic nitrogens is 1. The van der Waals surface area contributed by atoms with Gasteiger partial charge in [0, 0.05) is 30.7 Å². The molecule has 0 spiro atoms. The van der Waals surface area contributed by atoms with Gasteiger partial charge in [0.1, 0.15) is 11.8 Å². The van der Waals surface area contributed by atoms with Crippen LogP contribution in [0.25, 0.3) is 0 Å². The Labute approximate surface area is 119 Å². The number of rotatable bonds is 5. The molecule has 4 heteroatoms. The fourth-order valence-corrected chi connectivity index (χ4v) is 2.15. The van der Waals surface area contributed by atoms with Gasteiger partial charge in [0.15, 0.2) is 0 Å². The van der Waals surface area contributed by atoms with E-state index in [9.17, 15) is 0 Å². The smallest absolute Gasteiger partial charge is 0.140 e. The second kappa shape index (κ2) is 6.58. The van der Waals surface area contributed by atoms with E-state index in [1.807, 2.05) is 30.3 Å². The first-order valence-electron chi connectivity index (χ1n) is 6.68. The average Bonchev–Trinajstić information content (AvgIpc) is 2.47. The van der Waals surface area contributed by atoms with Crippen LogP contribution in [0.5, 0.6) is 0 Å². The van der Waals surface area contributed by atoms with Crippen LogP contribution in [-0.4, -0.2) is 11.5 Å². The van der Waals surface area contributed by atoms with Crippen LogP contribution in [0.1, 0.15) is 24.6 Å². The molecule has 0 unspecified atom stereocenters. The minimum Gasteiger partial charge on any atom is -0.399 e. The molecule has 0 saturated heterocycles. The average molecular weight is 266 g/mol. The normalized spacial score (nSPS) is 10.0. The first-order chi connectivity index (χ1) is 9.72. The van der Waals surface area contributed by atoms with Crippen molar-refractivity contribution in [3.8, 4) is 6.07 Å². The SMILES string of the molecule is CCCN(Cc1ccnc(C#N)c1)c1cccc(N)c1. The summed E-state index contributed by atoms with van der Waals surface area (Å²) in [5.41, 5.74) is 9.24. The number of nitrogens with zero attached hydrogens (tertiary/aromatic N) is 3. The van der Waals surface area contributed by atoms with E-state index in [2.05, 4.69) is 28.9 Å². The molecule has 2 rings (SSSR count). The Morgan fingerprint density at radius 3 is 2.85 bits per heavy atom. The number of hydrogen-bond donors (Lipinski definition) is 1. The van der Waals surface area contributed by atoms with Crippen molar-refractivity contribution < 1.29 is 0 Å². The number of nitrogen functional groups attached to an aromatic ring is 1. The maximum atomic E-state index is 8.91. The van der Waals surface area contributed by atoms with Crippen molar-refractivity contribution in [1.29, 1.82) is 5.26 Å². The summed E-state index contributed by atoms with van der Waals surface area (Å²) in [4.78, 5) is 6.26. The molecule has 0 bridgehead atoms. The van der Waals surface area contributed by atoms with Crippen molar-refractivity contribution in [3.05, 3.63) is 53.9 Å². The van der Waals surface area contributed by atoms with E-state index >= 15 is 0 Å². The summed E-state index contributed by atoms with van der Waals surface area (Å²) in [7, 11) is 0. The third-order valence-corrected chi connectivity index (χ3v) is 3.04. The highest BCUT2D eigenvalue weighted by Gasteiger charge is 2.07. The molecular weight excluding hydrogens is 248 g/mol. The van der Waals surface area contributed by atoms with Crippen LogP contribution < -0.4 is 10.6 Å². The van der Waals surface area contributed by atoms with E-state index in [-0.39, 0.29) is 0 Å². The summed E-state index contributed by atoms with van der Waals surface area (Å²) in [5, 5.41) is 8.91. The Morgan fingerprint density at radius 1 is 1.30 bits per heavy atom. The Morgan fingerprint density at radius 2 is 2.15 bits per heavy atom. The topological polar surface area (TPSA) is 65.9 Å². The van der Waals surface area contributed by atoms with Crippen molar-refractivity contribution in [2.45, 2.75) is 19.9 Å². The summed E-state index contributed by atoms with van der Waals surface area (Å²) in [6, 6.07) is 13.7.